The minimum absolute atomic E-state index is 0.0154. The average molecular weight is 294 g/mol. The van der Waals surface area contributed by atoms with Crippen molar-refractivity contribution in [1.29, 1.82) is 0 Å². The summed E-state index contributed by atoms with van der Waals surface area (Å²) in [6.45, 7) is 3.56. The molecule has 3 rings (SSSR count). The van der Waals surface area contributed by atoms with Gasteiger partial charge in [-0.2, -0.15) is 0 Å². The molecule has 1 heterocycles. The molecule has 2 aliphatic carbocycles. The van der Waals surface area contributed by atoms with Gasteiger partial charge in [-0.15, -0.1) is 0 Å². The fourth-order valence-electron chi connectivity index (χ4n) is 4.57. The van der Waals surface area contributed by atoms with Gasteiger partial charge in [0.1, 0.15) is 6.10 Å². The van der Waals surface area contributed by atoms with Gasteiger partial charge in [0.25, 0.3) is 0 Å². The van der Waals surface area contributed by atoms with Crippen LogP contribution < -0.4 is 0 Å². The molecule has 6 nitrogen and oxygen atoms in total. The Bertz CT molecular complexity index is 524. The number of carboxylic acids is 1. The van der Waals surface area contributed by atoms with Crippen molar-refractivity contribution in [2.75, 3.05) is 7.11 Å². The van der Waals surface area contributed by atoms with E-state index in [2.05, 4.69) is 6.58 Å². The quantitative estimate of drug-likeness (QED) is 0.614. The Morgan fingerprint density at radius 1 is 1.38 bits per heavy atom. The van der Waals surface area contributed by atoms with Gasteiger partial charge in [0.2, 0.25) is 0 Å². The van der Waals surface area contributed by atoms with Crippen LogP contribution in [0, 0.1) is 29.6 Å². The minimum Gasteiger partial charge on any atom is -0.478 e. The van der Waals surface area contributed by atoms with E-state index in [-0.39, 0.29) is 66.0 Å². The molecule has 3 aliphatic rings. The van der Waals surface area contributed by atoms with Crippen molar-refractivity contribution in [3.63, 3.8) is 0 Å². The molecule has 0 aromatic carbocycles. The van der Waals surface area contributed by atoms with Gasteiger partial charge in [0.15, 0.2) is 0 Å². The summed E-state index contributed by atoms with van der Waals surface area (Å²) < 4.78 is 10.3. The summed E-state index contributed by atoms with van der Waals surface area (Å²) in [5, 5.41) is 9.01. The number of carbonyl (C=O) groups is 3. The molecular weight excluding hydrogens is 276 g/mol. The standard InChI is InChI=1S/C15H18O6/c1-6(14(17)18)3-9-7-4-10-8(12(7)15(19)20-2)5-11(16)21-13(9)10/h7-10,12-13H,1,3-5H2,2H3,(H,17,18). The van der Waals surface area contributed by atoms with Crippen LogP contribution in [0.1, 0.15) is 19.3 Å². The second-order valence-electron chi connectivity index (χ2n) is 6.21. The summed E-state index contributed by atoms with van der Waals surface area (Å²) in [7, 11) is 1.35. The van der Waals surface area contributed by atoms with E-state index in [0.29, 0.717) is 0 Å². The number of ether oxygens (including phenoxy) is 2. The van der Waals surface area contributed by atoms with Crippen molar-refractivity contribution in [3.8, 4) is 0 Å². The molecule has 0 spiro atoms. The van der Waals surface area contributed by atoms with Gasteiger partial charge in [-0.3, -0.25) is 9.59 Å². The molecule has 114 valence electrons. The molecule has 2 bridgehead atoms. The molecule has 1 saturated heterocycles. The molecular formula is C15H18O6. The lowest BCUT2D eigenvalue weighted by Gasteiger charge is -2.42. The van der Waals surface area contributed by atoms with E-state index >= 15 is 0 Å². The predicted molar refractivity (Wildman–Crippen MR) is 70.0 cm³/mol. The molecule has 6 unspecified atom stereocenters. The SMILES string of the molecule is C=C(CC1C2CC3C(CC(=O)OC31)C2C(=O)OC)C(=O)O. The summed E-state index contributed by atoms with van der Waals surface area (Å²) in [4.78, 5) is 34.8. The van der Waals surface area contributed by atoms with E-state index in [9.17, 15) is 14.4 Å². The summed E-state index contributed by atoms with van der Waals surface area (Å²) in [6.07, 6.45) is 1.01. The van der Waals surface area contributed by atoms with Gasteiger partial charge >= 0.3 is 17.9 Å². The van der Waals surface area contributed by atoms with Gasteiger partial charge in [0, 0.05) is 23.8 Å². The molecule has 0 aromatic rings. The molecule has 3 fully saturated rings. The molecule has 0 amide bonds. The van der Waals surface area contributed by atoms with Crippen LogP contribution >= 0.6 is 0 Å². The van der Waals surface area contributed by atoms with Gasteiger partial charge in [-0.05, 0) is 24.7 Å². The highest BCUT2D eigenvalue weighted by Crippen LogP contribution is 2.60. The number of methoxy groups -OCH3 is 1. The average Bonchev–Trinajstić information content (AvgIpc) is 2.96. The zero-order chi connectivity index (χ0) is 15.3. The zero-order valence-electron chi connectivity index (χ0n) is 11.8. The smallest absolute Gasteiger partial charge is 0.330 e. The number of carbonyl (C=O) groups excluding carboxylic acids is 2. The lowest BCUT2D eigenvalue weighted by atomic mass is 9.68. The Hall–Kier alpha value is -1.85. The molecule has 2 saturated carbocycles. The van der Waals surface area contributed by atoms with E-state index in [1.807, 2.05) is 0 Å². The van der Waals surface area contributed by atoms with Crippen LogP contribution in [0.4, 0.5) is 0 Å². The first-order valence-electron chi connectivity index (χ1n) is 7.12. The van der Waals surface area contributed by atoms with E-state index in [4.69, 9.17) is 14.6 Å². The first-order valence-corrected chi connectivity index (χ1v) is 7.12. The number of carboxylic acid groups (broad SMARTS) is 1. The van der Waals surface area contributed by atoms with E-state index in [1.165, 1.54) is 7.11 Å². The van der Waals surface area contributed by atoms with E-state index in [0.717, 1.165) is 6.42 Å². The predicted octanol–water partition coefficient (Wildman–Crippen LogP) is 1.00. The summed E-state index contributed by atoms with van der Waals surface area (Å²) in [6, 6.07) is 0. The second kappa shape index (κ2) is 4.86. The van der Waals surface area contributed by atoms with Gasteiger partial charge < -0.3 is 14.6 Å². The van der Waals surface area contributed by atoms with Crippen LogP contribution in [0.3, 0.4) is 0 Å². The van der Waals surface area contributed by atoms with Crippen molar-refractivity contribution >= 4 is 17.9 Å². The summed E-state index contributed by atoms with van der Waals surface area (Å²) >= 11 is 0. The number of hydrogen-bond acceptors (Lipinski definition) is 5. The zero-order valence-corrected chi connectivity index (χ0v) is 11.8. The minimum atomic E-state index is -1.05. The van der Waals surface area contributed by atoms with Crippen LogP contribution in [0.25, 0.3) is 0 Å². The van der Waals surface area contributed by atoms with Crippen LogP contribution in [-0.2, 0) is 23.9 Å². The number of rotatable bonds is 4. The molecule has 1 aliphatic heterocycles. The number of fused-ring (bicyclic) bond motifs is 1. The van der Waals surface area contributed by atoms with Crippen molar-refractivity contribution in [2.24, 2.45) is 29.6 Å². The molecule has 21 heavy (non-hydrogen) atoms. The molecule has 0 radical (unpaired) electrons. The Balaban J connectivity index is 1.88. The van der Waals surface area contributed by atoms with Gasteiger partial charge in [0.05, 0.1) is 13.0 Å². The monoisotopic (exact) mass is 294 g/mol. The Morgan fingerprint density at radius 3 is 2.71 bits per heavy atom. The number of esters is 2. The fraction of sp³-hybridized carbons (Fsp3) is 0.667. The Kier molecular flexibility index (Phi) is 3.26. The first kappa shape index (κ1) is 14.1. The van der Waals surface area contributed by atoms with E-state index < -0.39 is 5.97 Å². The van der Waals surface area contributed by atoms with E-state index in [1.54, 1.807) is 0 Å². The fourth-order valence-corrected chi connectivity index (χ4v) is 4.57. The number of hydrogen-bond donors (Lipinski definition) is 1. The highest BCUT2D eigenvalue weighted by Gasteiger charge is 2.64. The molecule has 1 N–H and O–H groups in total. The maximum absolute atomic E-state index is 12.1. The second-order valence-corrected chi connectivity index (χ2v) is 6.21. The molecule has 0 aromatic heterocycles. The van der Waals surface area contributed by atoms with Crippen LogP contribution in [0.5, 0.6) is 0 Å². The third-order valence-electron chi connectivity index (χ3n) is 5.34. The topological polar surface area (TPSA) is 89.9 Å². The van der Waals surface area contributed by atoms with Crippen LogP contribution in [0.2, 0.25) is 0 Å². The normalized spacial score (nSPS) is 39.8. The molecule has 6 heteroatoms. The third kappa shape index (κ3) is 2.04. The molecule has 6 atom stereocenters. The highest BCUT2D eigenvalue weighted by atomic mass is 16.5. The summed E-state index contributed by atoms with van der Waals surface area (Å²) in [5.74, 6) is -1.99. The Morgan fingerprint density at radius 2 is 2.10 bits per heavy atom. The largest absolute Gasteiger partial charge is 0.478 e. The van der Waals surface area contributed by atoms with Crippen molar-refractivity contribution in [1.82, 2.24) is 0 Å². The Labute approximate surface area is 122 Å². The van der Waals surface area contributed by atoms with Crippen molar-refractivity contribution < 1.29 is 29.0 Å². The summed E-state index contributed by atoms with van der Waals surface area (Å²) in [5.41, 5.74) is 0.0920. The van der Waals surface area contributed by atoms with Crippen LogP contribution in [0.15, 0.2) is 12.2 Å². The van der Waals surface area contributed by atoms with Crippen molar-refractivity contribution in [3.05, 3.63) is 12.2 Å². The third-order valence-corrected chi connectivity index (χ3v) is 5.34. The number of aliphatic carboxylic acids is 1. The maximum atomic E-state index is 12.1. The lowest BCUT2D eigenvalue weighted by molar-refractivity contribution is -0.176. The lowest BCUT2D eigenvalue weighted by Crippen LogP contribution is -2.48. The van der Waals surface area contributed by atoms with Crippen molar-refractivity contribution in [2.45, 2.75) is 25.4 Å². The highest BCUT2D eigenvalue weighted by molar-refractivity contribution is 5.86. The van der Waals surface area contributed by atoms with Gasteiger partial charge in [-0.25, -0.2) is 4.79 Å². The van der Waals surface area contributed by atoms with Gasteiger partial charge in [-0.1, -0.05) is 6.58 Å². The van der Waals surface area contributed by atoms with Crippen LogP contribution in [-0.4, -0.2) is 36.2 Å². The first-order chi connectivity index (χ1) is 9.93. The maximum Gasteiger partial charge on any atom is 0.330 e.